The zero-order chi connectivity index (χ0) is 24.4. The minimum atomic E-state index is -0.323. The van der Waals surface area contributed by atoms with Crippen molar-refractivity contribution in [1.29, 1.82) is 0 Å². The fraction of sp³-hybridized carbons (Fsp3) is 0.280. The Morgan fingerprint density at radius 2 is 1.77 bits per heavy atom. The number of thioether (sulfide) groups is 1. The lowest BCUT2D eigenvalue weighted by Gasteiger charge is -2.34. The maximum Gasteiger partial charge on any atom is 0.272 e. The molecule has 5 rings (SSSR count). The predicted octanol–water partition coefficient (Wildman–Crippen LogP) is 4.05. The lowest BCUT2D eigenvalue weighted by atomic mass is 10.1. The van der Waals surface area contributed by atoms with Crippen LogP contribution in [0.2, 0.25) is 0 Å². The Morgan fingerprint density at radius 1 is 1.06 bits per heavy atom. The summed E-state index contributed by atoms with van der Waals surface area (Å²) >= 11 is 1.44. The molecule has 2 aromatic heterocycles. The van der Waals surface area contributed by atoms with Gasteiger partial charge in [-0.05, 0) is 37.4 Å². The van der Waals surface area contributed by atoms with Crippen LogP contribution in [0.3, 0.4) is 0 Å². The molecule has 0 spiro atoms. The van der Waals surface area contributed by atoms with Crippen LogP contribution in [0.5, 0.6) is 0 Å². The summed E-state index contributed by atoms with van der Waals surface area (Å²) in [6.45, 7) is 5.09. The monoisotopic (exact) mass is 492 g/mol. The normalized spacial score (nSPS) is 14.4. The van der Waals surface area contributed by atoms with Gasteiger partial charge in [-0.1, -0.05) is 46.7 Å². The van der Waals surface area contributed by atoms with E-state index in [1.165, 1.54) is 29.5 Å². The van der Waals surface area contributed by atoms with E-state index in [4.69, 9.17) is 4.52 Å². The fourth-order valence-corrected chi connectivity index (χ4v) is 4.62. The van der Waals surface area contributed by atoms with Crippen LogP contribution in [0.4, 0.5) is 4.39 Å². The molecule has 0 unspecified atom stereocenters. The summed E-state index contributed by atoms with van der Waals surface area (Å²) in [5.74, 6) is 0.712. The third kappa shape index (κ3) is 4.98. The quantitative estimate of drug-likeness (QED) is 0.376. The number of aromatic nitrogens is 4. The second-order valence-corrected chi connectivity index (χ2v) is 9.16. The minimum absolute atomic E-state index is 0.0961. The minimum Gasteiger partial charge on any atom is -0.338 e. The van der Waals surface area contributed by atoms with Crippen LogP contribution >= 0.6 is 11.8 Å². The van der Waals surface area contributed by atoms with Crippen molar-refractivity contribution in [1.82, 2.24) is 29.5 Å². The van der Waals surface area contributed by atoms with Gasteiger partial charge in [0.2, 0.25) is 11.7 Å². The molecule has 8 nitrogen and oxygen atoms in total. The summed E-state index contributed by atoms with van der Waals surface area (Å²) < 4.78 is 20.7. The van der Waals surface area contributed by atoms with Crippen LogP contribution < -0.4 is 0 Å². The summed E-state index contributed by atoms with van der Waals surface area (Å²) in [5, 5.41) is 4.79. The number of rotatable bonds is 6. The largest absolute Gasteiger partial charge is 0.338 e. The Labute approximate surface area is 206 Å². The van der Waals surface area contributed by atoms with E-state index in [1.807, 2.05) is 42.3 Å². The molecule has 0 bridgehead atoms. The standard InChI is InChI=1S/C25H25FN6O2S/c1-17-3-5-18(6-4-17)23-28-22(34-29-23)16-30-11-13-31(14-12-30)24(33)21-15-27-25(35-2)32(21)20-9-7-19(26)8-10-20/h3-10,15H,11-14,16H2,1-2H3. The first-order valence-corrected chi connectivity index (χ1v) is 12.5. The van der Waals surface area contributed by atoms with Gasteiger partial charge < -0.3 is 9.42 Å². The first-order valence-electron chi connectivity index (χ1n) is 11.3. The number of piperazine rings is 1. The SMILES string of the molecule is CSc1ncc(C(=O)N2CCN(Cc3nc(-c4ccc(C)cc4)no3)CC2)n1-c1ccc(F)cc1. The molecule has 0 atom stereocenters. The molecule has 1 aliphatic heterocycles. The number of nitrogens with zero attached hydrogens (tertiary/aromatic N) is 6. The molecule has 1 amide bonds. The molecule has 3 heterocycles. The number of amides is 1. The number of aryl methyl sites for hydroxylation is 1. The molecule has 180 valence electrons. The van der Waals surface area contributed by atoms with Crippen molar-refractivity contribution in [3.05, 3.63) is 77.7 Å². The Hall–Kier alpha value is -3.50. The highest BCUT2D eigenvalue weighted by Gasteiger charge is 2.27. The molecular weight excluding hydrogens is 467 g/mol. The lowest BCUT2D eigenvalue weighted by molar-refractivity contribution is 0.0607. The van der Waals surface area contributed by atoms with Crippen molar-refractivity contribution >= 4 is 17.7 Å². The smallest absolute Gasteiger partial charge is 0.272 e. The zero-order valence-electron chi connectivity index (χ0n) is 19.5. The van der Waals surface area contributed by atoms with Gasteiger partial charge in [0.15, 0.2) is 5.16 Å². The van der Waals surface area contributed by atoms with Crippen LogP contribution in [-0.4, -0.2) is 67.8 Å². The fourth-order valence-electron chi connectivity index (χ4n) is 4.07. The summed E-state index contributed by atoms with van der Waals surface area (Å²) in [7, 11) is 0. The molecule has 1 aliphatic rings. The third-order valence-electron chi connectivity index (χ3n) is 6.01. The molecule has 4 aromatic rings. The van der Waals surface area contributed by atoms with E-state index >= 15 is 0 Å². The highest BCUT2D eigenvalue weighted by Crippen LogP contribution is 2.24. The zero-order valence-corrected chi connectivity index (χ0v) is 20.3. The van der Waals surface area contributed by atoms with Gasteiger partial charge >= 0.3 is 0 Å². The number of carbonyl (C=O) groups excluding carboxylic acids is 1. The molecule has 35 heavy (non-hydrogen) atoms. The van der Waals surface area contributed by atoms with Crippen LogP contribution in [0.25, 0.3) is 17.1 Å². The van der Waals surface area contributed by atoms with Gasteiger partial charge in [0, 0.05) is 37.4 Å². The van der Waals surface area contributed by atoms with Crippen LogP contribution in [0.1, 0.15) is 21.9 Å². The van der Waals surface area contributed by atoms with Crippen LogP contribution in [-0.2, 0) is 6.54 Å². The molecule has 2 aromatic carbocycles. The van der Waals surface area contributed by atoms with E-state index in [2.05, 4.69) is 20.0 Å². The summed E-state index contributed by atoms with van der Waals surface area (Å²) in [5.41, 5.74) is 3.27. The van der Waals surface area contributed by atoms with E-state index in [0.717, 1.165) is 5.56 Å². The molecule has 0 N–H and O–H groups in total. The molecule has 10 heteroatoms. The second kappa shape index (κ2) is 10.0. The Bertz CT molecular complexity index is 1310. The second-order valence-electron chi connectivity index (χ2n) is 8.39. The van der Waals surface area contributed by atoms with Crippen molar-refractivity contribution in [2.45, 2.75) is 18.6 Å². The molecule has 1 saturated heterocycles. The van der Waals surface area contributed by atoms with Gasteiger partial charge in [-0.2, -0.15) is 4.98 Å². The van der Waals surface area contributed by atoms with Crippen LogP contribution in [0.15, 0.2) is 64.4 Å². The molecule has 0 aliphatic carbocycles. The van der Waals surface area contributed by atoms with Crippen molar-refractivity contribution < 1.29 is 13.7 Å². The first-order chi connectivity index (χ1) is 17.0. The first kappa shape index (κ1) is 23.3. The van der Waals surface area contributed by atoms with Gasteiger partial charge in [-0.25, -0.2) is 9.37 Å². The highest BCUT2D eigenvalue weighted by molar-refractivity contribution is 7.98. The summed E-state index contributed by atoms with van der Waals surface area (Å²) in [6, 6.07) is 14.1. The predicted molar refractivity (Wildman–Crippen MR) is 131 cm³/mol. The summed E-state index contributed by atoms with van der Waals surface area (Å²) in [6.07, 6.45) is 3.49. The number of hydrogen-bond acceptors (Lipinski definition) is 7. The Kier molecular flexibility index (Phi) is 6.65. The van der Waals surface area contributed by atoms with Gasteiger partial charge in [0.1, 0.15) is 11.5 Å². The number of benzene rings is 2. The van der Waals surface area contributed by atoms with E-state index in [-0.39, 0.29) is 11.7 Å². The van der Waals surface area contributed by atoms with Crippen molar-refractivity contribution in [2.24, 2.45) is 0 Å². The van der Waals surface area contributed by atoms with Crippen LogP contribution in [0, 0.1) is 12.7 Å². The number of carbonyl (C=O) groups is 1. The van der Waals surface area contributed by atoms with Gasteiger partial charge in [-0.3, -0.25) is 14.3 Å². The lowest BCUT2D eigenvalue weighted by Crippen LogP contribution is -2.48. The van der Waals surface area contributed by atoms with E-state index < -0.39 is 0 Å². The van der Waals surface area contributed by atoms with Gasteiger partial charge in [0.25, 0.3) is 5.91 Å². The molecular formula is C25H25FN6O2S. The number of imidazole rings is 1. The van der Waals surface area contributed by atoms with Crippen molar-refractivity contribution in [3.63, 3.8) is 0 Å². The molecule has 1 fully saturated rings. The molecule has 0 radical (unpaired) electrons. The maximum absolute atomic E-state index is 13.4. The van der Waals surface area contributed by atoms with E-state index in [1.54, 1.807) is 22.9 Å². The summed E-state index contributed by atoms with van der Waals surface area (Å²) in [4.78, 5) is 26.3. The highest BCUT2D eigenvalue weighted by atomic mass is 32.2. The number of halogens is 1. The third-order valence-corrected chi connectivity index (χ3v) is 6.67. The van der Waals surface area contributed by atoms with Gasteiger partial charge in [-0.15, -0.1) is 0 Å². The Balaban J connectivity index is 1.23. The van der Waals surface area contributed by atoms with Crippen molar-refractivity contribution in [2.75, 3.05) is 32.4 Å². The van der Waals surface area contributed by atoms with Crippen molar-refractivity contribution in [3.8, 4) is 17.1 Å². The van der Waals surface area contributed by atoms with Gasteiger partial charge in [0.05, 0.1) is 12.7 Å². The van der Waals surface area contributed by atoms with E-state index in [9.17, 15) is 9.18 Å². The maximum atomic E-state index is 13.4. The molecule has 0 saturated carbocycles. The number of hydrogen-bond donors (Lipinski definition) is 0. The van der Waals surface area contributed by atoms with E-state index in [0.29, 0.717) is 61.0 Å². The average molecular weight is 493 g/mol. The topological polar surface area (TPSA) is 80.3 Å². The average Bonchev–Trinajstić information content (AvgIpc) is 3.52. The Morgan fingerprint density at radius 3 is 2.46 bits per heavy atom.